The maximum Gasteiger partial charge on any atom is 0.417 e. The van der Waals surface area contributed by atoms with Crippen LogP contribution in [0.15, 0.2) is 77.2 Å². The average Bonchev–Trinajstić information content (AvgIpc) is 3.17. The van der Waals surface area contributed by atoms with E-state index >= 15 is 0 Å². The number of aromatic carboxylic acids is 1. The summed E-state index contributed by atoms with van der Waals surface area (Å²) in [6.45, 7) is 3.75. The first-order valence-electron chi connectivity index (χ1n) is 10.6. The number of amides is 1. The van der Waals surface area contributed by atoms with Crippen LogP contribution >= 0.6 is 0 Å². The molecule has 0 aliphatic rings. The van der Waals surface area contributed by atoms with Crippen molar-refractivity contribution in [2.24, 2.45) is 0 Å². The molecule has 3 aromatic carbocycles. The zero-order valence-electron chi connectivity index (χ0n) is 18.5. The van der Waals surface area contributed by atoms with Crippen molar-refractivity contribution >= 4 is 39.6 Å². The molecule has 7 nitrogen and oxygen atoms in total. The van der Waals surface area contributed by atoms with Crippen molar-refractivity contribution in [3.05, 3.63) is 89.5 Å². The molecule has 0 fully saturated rings. The molecule has 0 bridgehead atoms. The smallest absolute Gasteiger partial charge is 0.417 e. The molecule has 0 unspecified atom stereocenters. The van der Waals surface area contributed by atoms with Crippen LogP contribution in [0, 0.1) is 13.8 Å². The van der Waals surface area contributed by atoms with E-state index in [0.717, 1.165) is 16.5 Å². The zero-order chi connectivity index (χ0) is 23.8. The molecule has 5 aromatic rings. The van der Waals surface area contributed by atoms with Crippen molar-refractivity contribution in [2.75, 3.05) is 5.32 Å². The number of benzene rings is 3. The maximum absolute atomic E-state index is 12.5. The first-order valence-corrected chi connectivity index (χ1v) is 10.6. The lowest BCUT2D eigenvalue weighted by atomic mass is 10.0. The fourth-order valence-electron chi connectivity index (χ4n) is 4.01. The number of carboxylic acids is 1. The molecule has 0 saturated heterocycles. The standard InChI is InChI=1S/C27H20N2O5/c1-15-12-13-20(29-27(32)33-17-8-4-3-5-9-17)23-19(26(30)31)14-21(28-24(15)23)25-16(2)18-10-6-7-11-22(18)34-25/h3-14H,1-2H3,(H,29,32)(H,30,31). The number of hydrogen-bond donors (Lipinski definition) is 2. The minimum atomic E-state index is -1.15. The van der Waals surface area contributed by atoms with Gasteiger partial charge in [0.2, 0.25) is 0 Å². The Morgan fingerprint density at radius 1 is 0.971 bits per heavy atom. The number of ether oxygens (including phenoxy) is 1. The number of pyridine rings is 1. The highest BCUT2D eigenvalue weighted by Crippen LogP contribution is 2.36. The number of hydrogen-bond acceptors (Lipinski definition) is 5. The largest absolute Gasteiger partial charge is 0.478 e. The SMILES string of the molecule is Cc1c(-c2cc(C(=O)O)c3c(NC(=O)Oc4ccccc4)ccc(C)c3n2)oc2ccccc12. The van der Waals surface area contributed by atoms with Gasteiger partial charge in [0.15, 0.2) is 5.76 Å². The monoisotopic (exact) mass is 452 g/mol. The molecule has 0 spiro atoms. The number of nitrogens with one attached hydrogen (secondary N) is 1. The van der Waals surface area contributed by atoms with Crippen molar-refractivity contribution in [1.82, 2.24) is 4.98 Å². The van der Waals surface area contributed by atoms with E-state index in [2.05, 4.69) is 5.32 Å². The van der Waals surface area contributed by atoms with Crippen molar-refractivity contribution in [3.8, 4) is 17.2 Å². The molecule has 5 rings (SSSR count). The molecule has 0 aliphatic heterocycles. The Hall–Kier alpha value is -4.65. The Kier molecular flexibility index (Phi) is 5.22. The van der Waals surface area contributed by atoms with Crippen molar-refractivity contribution in [2.45, 2.75) is 13.8 Å². The summed E-state index contributed by atoms with van der Waals surface area (Å²) in [6, 6.07) is 21.1. The lowest BCUT2D eigenvalue weighted by molar-refractivity contribution is 0.0699. The van der Waals surface area contributed by atoms with E-state index in [1.54, 1.807) is 36.4 Å². The van der Waals surface area contributed by atoms with Gasteiger partial charge in [-0.05, 0) is 49.7 Å². The molecule has 0 saturated carbocycles. The minimum Gasteiger partial charge on any atom is -0.478 e. The van der Waals surface area contributed by atoms with Crippen LogP contribution in [-0.4, -0.2) is 22.2 Å². The topological polar surface area (TPSA) is 102 Å². The van der Waals surface area contributed by atoms with Crippen LogP contribution in [0.25, 0.3) is 33.3 Å². The van der Waals surface area contributed by atoms with E-state index in [1.165, 1.54) is 6.07 Å². The van der Waals surface area contributed by atoms with E-state index < -0.39 is 12.1 Å². The van der Waals surface area contributed by atoms with E-state index in [1.807, 2.05) is 44.2 Å². The zero-order valence-corrected chi connectivity index (χ0v) is 18.5. The molecular formula is C27H20N2O5. The van der Waals surface area contributed by atoms with Gasteiger partial charge in [-0.2, -0.15) is 0 Å². The number of fused-ring (bicyclic) bond motifs is 2. The van der Waals surface area contributed by atoms with Gasteiger partial charge in [0, 0.05) is 16.3 Å². The lowest BCUT2D eigenvalue weighted by Gasteiger charge is -2.14. The minimum absolute atomic E-state index is 0.00133. The van der Waals surface area contributed by atoms with Crippen LogP contribution in [0.3, 0.4) is 0 Å². The summed E-state index contributed by atoms with van der Waals surface area (Å²) in [5, 5.41) is 14.0. The number of carbonyl (C=O) groups is 2. The third kappa shape index (κ3) is 3.73. The van der Waals surface area contributed by atoms with Crippen LogP contribution in [0.2, 0.25) is 0 Å². The maximum atomic E-state index is 12.5. The molecule has 0 atom stereocenters. The van der Waals surface area contributed by atoms with E-state index in [4.69, 9.17) is 14.1 Å². The summed E-state index contributed by atoms with van der Waals surface area (Å²) >= 11 is 0. The third-order valence-electron chi connectivity index (χ3n) is 5.66. The van der Waals surface area contributed by atoms with Gasteiger partial charge in [-0.1, -0.05) is 42.5 Å². The van der Waals surface area contributed by atoms with Gasteiger partial charge in [0.05, 0.1) is 16.8 Å². The lowest BCUT2D eigenvalue weighted by Crippen LogP contribution is -2.17. The van der Waals surface area contributed by atoms with Crippen molar-refractivity contribution < 1.29 is 23.8 Å². The van der Waals surface area contributed by atoms with Crippen LogP contribution in [-0.2, 0) is 0 Å². The number of aromatic nitrogens is 1. The van der Waals surface area contributed by atoms with Crippen LogP contribution in [0.4, 0.5) is 10.5 Å². The predicted octanol–water partition coefficient (Wildman–Crippen LogP) is 6.57. The Balaban J connectivity index is 1.64. The van der Waals surface area contributed by atoms with Gasteiger partial charge in [-0.15, -0.1) is 0 Å². The Labute approximate surface area is 194 Å². The molecule has 2 N–H and O–H groups in total. The Morgan fingerprint density at radius 3 is 2.44 bits per heavy atom. The summed E-state index contributed by atoms with van der Waals surface area (Å²) in [5.41, 5.74) is 3.48. The third-order valence-corrected chi connectivity index (χ3v) is 5.66. The Morgan fingerprint density at radius 2 is 1.71 bits per heavy atom. The number of furan rings is 1. The van der Waals surface area contributed by atoms with Gasteiger partial charge in [0.25, 0.3) is 0 Å². The molecule has 2 heterocycles. The molecular weight excluding hydrogens is 432 g/mol. The number of carbonyl (C=O) groups excluding carboxylic acids is 1. The second-order valence-corrected chi connectivity index (χ2v) is 7.89. The molecule has 1 amide bonds. The number of rotatable bonds is 4. The summed E-state index contributed by atoms with van der Waals surface area (Å²) in [7, 11) is 0. The van der Waals surface area contributed by atoms with Crippen molar-refractivity contribution in [3.63, 3.8) is 0 Å². The summed E-state index contributed by atoms with van der Waals surface area (Å²) in [6.07, 6.45) is -0.732. The van der Waals surface area contributed by atoms with Gasteiger partial charge in [-0.3, -0.25) is 5.32 Å². The normalized spacial score (nSPS) is 11.0. The molecule has 7 heteroatoms. The highest BCUT2D eigenvalue weighted by Gasteiger charge is 2.22. The van der Waals surface area contributed by atoms with Crippen LogP contribution in [0.1, 0.15) is 21.5 Å². The van der Waals surface area contributed by atoms with Gasteiger partial charge < -0.3 is 14.3 Å². The molecule has 0 aliphatic carbocycles. The first kappa shape index (κ1) is 21.2. The number of para-hydroxylation sites is 2. The van der Waals surface area contributed by atoms with E-state index in [-0.39, 0.29) is 5.56 Å². The van der Waals surface area contributed by atoms with Crippen LogP contribution < -0.4 is 10.1 Å². The Bertz CT molecular complexity index is 1570. The van der Waals surface area contributed by atoms with E-state index in [9.17, 15) is 14.7 Å². The number of anilines is 1. The summed E-state index contributed by atoms with van der Waals surface area (Å²) in [5.74, 6) is -0.269. The first-order chi connectivity index (χ1) is 16.4. The predicted molar refractivity (Wildman–Crippen MR) is 129 cm³/mol. The molecule has 2 aromatic heterocycles. The number of nitrogens with zero attached hydrogens (tertiary/aromatic N) is 1. The molecule has 34 heavy (non-hydrogen) atoms. The highest BCUT2D eigenvalue weighted by molar-refractivity contribution is 6.12. The summed E-state index contributed by atoms with van der Waals surface area (Å²) in [4.78, 5) is 29.5. The highest BCUT2D eigenvalue weighted by atomic mass is 16.6. The van der Waals surface area contributed by atoms with Crippen molar-refractivity contribution in [1.29, 1.82) is 0 Å². The number of aryl methyl sites for hydroxylation is 2. The number of carboxylic acid groups (broad SMARTS) is 1. The van der Waals surface area contributed by atoms with Gasteiger partial charge >= 0.3 is 12.1 Å². The second-order valence-electron chi connectivity index (χ2n) is 7.89. The summed E-state index contributed by atoms with van der Waals surface area (Å²) < 4.78 is 11.3. The molecule has 0 radical (unpaired) electrons. The second kappa shape index (κ2) is 8.37. The average molecular weight is 452 g/mol. The van der Waals surface area contributed by atoms with Gasteiger partial charge in [-0.25, -0.2) is 14.6 Å². The quantitative estimate of drug-likeness (QED) is 0.320. The van der Waals surface area contributed by atoms with Crippen LogP contribution in [0.5, 0.6) is 5.75 Å². The fourth-order valence-corrected chi connectivity index (χ4v) is 4.01. The molecule has 168 valence electrons. The van der Waals surface area contributed by atoms with Gasteiger partial charge in [0.1, 0.15) is 17.0 Å². The van der Waals surface area contributed by atoms with E-state index in [0.29, 0.717) is 39.4 Å². The fraction of sp³-hybridized carbons (Fsp3) is 0.0741.